The highest BCUT2D eigenvalue weighted by Crippen LogP contribution is 2.11. The Labute approximate surface area is 105 Å². The van der Waals surface area contributed by atoms with Gasteiger partial charge in [-0.1, -0.05) is 27.2 Å². The van der Waals surface area contributed by atoms with Crippen molar-refractivity contribution < 1.29 is 9.90 Å². The summed E-state index contributed by atoms with van der Waals surface area (Å²) >= 11 is 0. The minimum absolute atomic E-state index is 0.647. The summed E-state index contributed by atoms with van der Waals surface area (Å²) in [6, 6.07) is 0. The standard InChI is InChI=1S/C13H28N2O2/c1-5-8-10-15(7-3)11-9-13(4,12(16)17)14-6-2/h14H,5-11H2,1-4H3,(H,16,17). The molecule has 0 aromatic heterocycles. The van der Waals surface area contributed by atoms with Crippen LogP contribution in [0.4, 0.5) is 0 Å². The zero-order valence-electron chi connectivity index (χ0n) is 11.8. The molecular weight excluding hydrogens is 216 g/mol. The monoisotopic (exact) mass is 244 g/mol. The van der Waals surface area contributed by atoms with Gasteiger partial charge in [0.15, 0.2) is 0 Å². The molecule has 0 aliphatic rings. The molecule has 0 amide bonds. The number of hydrogen-bond donors (Lipinski definition) is 2. The van der Waals surface area contributed by atoms with Crippen LogP contribution in [0.5, 0.6) is 0 Å². The second-order valence-corrected chi connectivity index (χ2v) is 4.71. The first-order valence-electron chi connectivity index (χ1n) is 6.70. The highest BCUT2D eigenvalue weighted by molar-refractivity contribution is 5.78. The molecule has 0 heterocycles. The third kappa shape index (κ3) is 6.03. The van der Waals surface area contributed by atoms with Gasteiger partial charge >= 0.3 is 5.97 Å². The molecule has 0 aromatic rings. The molecule has 0 aliphatic carbocycles. The molecule has 102 valence electrons. The maximum Gasteiger partial charge on any atom is 0.323 e. The predicted molar refractivity (Wildman–Crippen MR) is 71.4 cm³/mol. The Balaban J connectivity index is 4.22. The van der Waals surface area contributed by atoms with Crippen LogP contribution in [0.1, 0.15) is 47.0 Å². The van der Waals surface area contributed by atoms with Crippen molar-refractivity contribution in [1.29, 1.82) is 0 Å². The third-order valence-electron chi connectivity index (χ3n) is 3.24. The number of hydrogen-bond acceptors (Lipinski definition) is 3. The average Bonchev–Trinajstić information content (AvgIpc) is 2.29. The molecular formula is C13H28N2O2. The quantitative estimate of drug-likeness (QED) is 0.617. The first-order valence-corrected chi connectivity index (χ1v) is 6.70. The number of unbranched alkanes of at least 4 members (excludes halogenated alkanes) is 1. The Bertz CT molecular complexity index is 221. The van der Waals surface area contributed by atoms with Crippen molar-refractivity contribution in [3.05, 3.63) is 0 Å². The van der Waals surface area contributed by atoms with Crippen LogP contribution in [-0.2, 0) is 4.79 Å². The molecule has 4 nitrogen and oxygen atoms in total. The first kappa shape index (κ1) is 16.4. The van der Waals surface area contributed by atoms with E-state index in [2.05, 4.69) is 24.1 Å². The molecule has 0 saturated heterocycles. The minimum Gasteiger partial charge on any atom is -0.480 e. The number of nitrogens with one attached hydrogen (secondary N) is 1. The third-order valence-corrected chi connectivity index (χ3v) is 3.24. The second-order valence-electron chi connectivity index (χ2n) is 4.71. The highest BCUT2D eigenvalue weighted by Gasteiger charge is 2.31. The van der Waals surface area contributed by atoms with E-state index in [4.69, 9.17) is 0 Å². The van der Waals surface area contributed by atoms with E-state index in [1.807, 2.05) is 6.92 Å². The van der Waals surface area contributed by atoms with Gasteiger partial charge in [0.05, 0.1) is 0 Å². The summed E-state index contributed by atoms with van der Waals surface area (Å²) in [5.74, 6) is -0.758. The Morgan fingerprint density at radius 3 is 2.35 bits per heavy atom. The van der Waals surface area contributed by atoms with Crippen LogP contribution in [-0.4, -0.2) is 47.7 Å². The Hall–Kier alpha value is -0.610. The molecule has 0 aromatic carbocycles. The van der Waals surface area contributed by atoms with Crippen molar-refractivity contribution in [2.75, 3.05) is 26.2 Å². The lowest BCUT2D eigenvalue weighted by Crippen LogP contribution is -2.51. The van der Waals surface area contributed by atoms with Gasteiger partial charge in [-0.25, -0.2) is 0 Å². The largest absolute Gasteiger partial charge is 0.480 e. The minimum atomic E-state index is -0.797. The smallest absolute Gasteiger partial charge is 0.323 e. The number of aliphatic carboxylic acids is 1. The maximum atomic E-state index is 11.2. The Morgan fingerprint density at radius 1 is 1.29 bits per heavy atom. The molecule has 0 spiro atoms. The summed E-state index contributed by atoms with van der Waals surface area (Å²) in [5, 5.41) is 12.3. The summed E-state index contributed by atoms with van der Waals surface area (Å²) in [6.45, 7) is 11.6. The summed E-state index contributed by atoms with van der Waals surface area (Å²) in [5.41, 5.74) is -0.797. The van der Waals surface area contributed by atoms with E-state index in [9.17, 15) is 9.90 Å². The van der Waals surface area contributed by atoms with Gasteiger partial charge in [0.2, 0.25) is 0 Å². The van der Waals surface area contributed by atoms with Crippen LogP contribution in [0.2, 0.25) is 0 Å². The molecule has 0 rings (SSSR count). The molecule has 1 atom stereocenters. The van der Waals surface area contributed by atoms with Gasteiger partial charge in [-0.3, -0.25) is 4.79 Å². The SMILES string of the molecule is CCCCN(CC)CCC(C)(NCC)C(=O)O. The summed E-state index contributed by atoms with van der Waals surface area (Å²) < 4.78 is 0. The van der Waals surface area contributed by atoms with Gasteiger partial charge in [0.25, 0.3) is 0 Å². The lowest BCUT2D eigenvalue weighted by Gasteiger charge is -2.29. The van der Waals surface area contributed by atoms with Gasteiger partial charge in [-0.05, 0) is 39.4 Å². The fourth-order valence-corrected chi connectivity index (χ4v) is 1.85. The predicted octanol–water partition coefficient (Wildman–Crippen LogP) is 1.95. The Morgan fingerprint density at radius 2 is 1.94 bits per heavy atom. The number of rotatable bonds is 10. The summed E-state index contributed by atoms with van der Waals surface area (Å²) in [6.07, 6.45) is 3.01. The average molecular weight is 244 g/mol. The topological polar surface area (TPSA) is 52.6 Å². The number of carboxylic acid groups (broad SMARTS) is 1. The summed E-state index contributed by atoms with van der Waals surface area (Å²) in [4.78, 5) is 13.6. The molecule has 2 N–H and O–H groups in total. The normalized spacial score (nSPS) is 14.9. The zero-order chi connectivity index (χ0) is 13.3. The fourth-order valence-electron chi connectivity index (χ4n) is 1.85. The first-order chi connectivity index (χ1) is 8.00. The highest BCUT2D eigenvalue weighted by atomic mass is 16.4. The number of nitrogens with zero attached hydrogens (tertiary/aromatic N) is 1. The maximum absolute atomic E-state index is 11.2. The van der Waals surface area contributed by atoms with E-state index in [1.54, 1.807) is 6.92 Å². The van der Waals surface area contributed by atoms with E-state index in [0.717, 1.165) is 19.6 Å². The van der Waals surface area contributed by atoms with Crippen molar-refractivity contribution in [3.8, 4) is 0 Å². The molecule has 0 aliphatic heterocycles. The van der Waals surface area contributed by atoms with Crippen LogP contribution in [0, 0.1) is 0 Å². The van der Waals surface area contributed by atoms with Crippen LogP contribution in [0.25, 0.3) is 0 Å². The van der Waals surface area contributed by atoms with E-state index in [1.165, 1.54) is 12.8 Å². The van der Waals surface area contributed by atoms with Gasteiger partial charge in [-0.2, -0.15) is 0 Å². The molecule has 1 unspecified atom stereocenters. The zero-order valence-corrected chi connectivity index (χ0v) is 11.8. The second kappa shape index (κ2) is 8.48. The van der Waals surface area contributed by atoms with Gasteiger partial charge in [-0.15, -0.1) is 0 Å². The van der Waals surface area contributed by atoms with E-state index < -0.39 is 11.5 Å². The van der Waals surface area contributed by atoms with Gasteiger partial charge < -0.3 is 15.3 Å². The number of carboxylic acids is 1. The van der Waals surface area contributed by atoms with Crippen LogP contribution >= 0.6 is 0 Å². The number of carbonyl (C=O) groups is 1. The van der Waals surface area contributed by atoms with Crippen LogP contribution in [0.15, 0.2) is 0 Å². The van der Waals surface area contributed by atoms with Crippen molar-refractivity contribution in [3.63, 3.8) is 0 Å². The van der Waals surface area contributed by atoms with E-state index in [-0.39, 0.29) is 0 Å². The molecule has 4 heteroatoms. The van der Waals surface area contributed by atoms with Crippen LogP contribution in [0.3, 0.4) is 0 Å². The Kier molecular flexibility index (Phi) is 8.17. The van der Waals surface area contributed by atoms with Crippen molar-refractivity contribution >= 4 is 5.97 Å². The molecule has 17 heavy (non-hydrogen) atoms. The fraction of sp³-hybridized carbons (Fsp3) is 0.923. The summed E-state index contributed by atoms with van der Waals surface area (Å²) in [7, 11) is 0. The van der Waals surface area contributed by atoms with Crippen molar-refractivity contribution in [1.82, 2.24) is 10.2 Å². The lowest BCUT2D eigenvalue weighted by atomic mass is 9.97. The lowest BCUT2D eigenvalue weighted by molar-refractivity contribution is -0.144. The number of likely N-dealkylation sites (N-methyl/N-ethyl adjacent to an activating group) is 1. The molecule has 0 fully saturated rings. The van der Waals surface area contributed by atoms with E-state index in [0.29, 0.717) is 13.0 Å². The molecule has 0 radical (unpaired) electrons. The van der Waals surface area contributed by atoms with Crippen LogP contribution < -0.4 is 5.32 Å². The van der Waals surface area contributed by atoms with Gasteiger partial charge in [0.1, 0.15) is 5.54 Å². The van der Waals surface area contributed by atoms with Crippen molar-refractivity contribution in [2.24, 2.45) is 0 Å². The van der Waals surface area contributed by atoms with Gasteiger partial charge in [0, 0.05) is 6.54 Å². The van der Waals surface area contributed by atoms with Crippen molar-refractivity contribution in [2.45, 2.75) is 52.5 Å². The molecule has 0 saturated carbocycles. The van der Waals surface area contributed by atoms with E-state index >= 15 is 0 Å². The molecule has 0 bridgehead atoms.